The highest BCUT2D eigenvalue weighted by Gasteiger charge is 2.55. The topological polar surface area (TPSA) is 218 Å². The Kier molecular flexibility index (Phi) is 10.4. The van der Waals surface area contributed by atoms with Gasteiger partial charge in [-0.3, -0.25) is 0 Å². The van der Waals surface area contributed by atoms with E-state index in [-0.39, 0.29) is 12.8 Å². The van der Waals surface area contributed by atoms with E-state index in [1.807, 2.05) is 0 Å². The van der Waals surface area contributed by atoms with Gasteiger partial charge in [0.25, 0.3) is 0 Å². The molecule has 12 nitrogen and oxygen atoms in total. The Balaban J connectivity index is 3.29. The summed E-state index contributed by atoms with van der Waals surface area (Å²) in [4.78, 5) is 11.2. The van der Waals surface area contributed by atoms with E-state index in [0.717, 1.165) is 0 Å². The number of hydrogen-bond donors (Lipinski definition) is 9. The summed E-state index contributed by atoms with van der Waals surface area (Å²) in [5.74, 6) is -4.39. The molecule has 0 bridgehead atoms. The van der Waals surface area contributed by atoms with Gasteiger partial charge in [0.2, 0.25) is 0 Å². The number of aliphatic hydroxyl groups is 8. The molecule has 1 aliphatic rings. The SMILES string of the molecule is CCC(C)(O)[C@@H]1C(CO)O[C@@H](OC(C)(CC)[C@H](C(O)CO)C(O)[C@H](O)C(=O)O)[C@@H](O)C1O. The molecule has 0 amide bonds. The van der Waals surface area contributed by atoms with Crippen molar-refractivity contribution in [2.45, 2.75) is 94.7 Å². The van der Waals surface area contributed by atoms with Gasteiger partial charge in [-0.1, -0.05) is 13.8 Å². The van der Waals surface area contributed by atoms with Gasteiger partial charge in [-0.2, -0.15) is 0 Å². The molecular weight excluding hydrogens is 432 g/mol. The summed E-state index contributed by atoms with van der Waals surface area (Å²) in [7, 11) is 0. The summed E-state index contributed by atoms with van der Waals surface area (Å²) in [5.41, 5.74) is -3.17. The fourth-order valence-electron chi connectivity index (χ4n) is 4.30. The van der Waals surface area contributed by atoms with Crippen LogP contribution in [0, 0.1) is 11.8 Å². The highest BCUT2D eigenvalue weighted by molar-refractivity contribution is 5.72. The van der Waals surface area contributed by atoms with Gasteiger partial charge in [0.15, 0.2) is 12.4 Å². The molecule has 11 atom stereocenters. The molecule has 32 heavy (non-hydrogen) atoms. The second-order valence-corrected chi connectivity index (χ2v) is 8.78. The smallest absolute Gasteiger partial charge is 0.335 e. The number of aliphatic carboxylic acids is 1. The van der Waals surface area contributed by atoms with Crippen LogP contribution in [0.1, 0.15) is 40.5 Å². The van der Waals surface area contributed by atoms with Crippen molar-refractivity contribution < 1.29 is 60.2 Å². The van der Waals surface area contributed by atoms with Crippen LogP contribution in [0.25, 0.3) is 0 Å². The summed E-state index contributed by atoms with van der Waals surface area (Å²) in [5, 5.41) is 90.7. The predicted molar refractivity (Wildman–Crippen MR) is 108 cm³/mol. The van der Waals surface area contributed by atoms with Crippen LogP contribution in [0.5, 0.6) is 0 Å². The van der Waals surface area contributed by atoms with Crippen molar-refractivity contribution in [2.75, 3.05) is 13.2 Å². The first-order chi connectivity index (χ1) is 14.7. The third-order valence-corrected chi connectivity index (χ3v) is 6.66. The number of carbonyl (C=O) groups is 1. The molecule has 0 aromatic rings. The maximum absolute atomic E-state index is 11.2. The largest absolute Gasteiger partial charge is 0.479 e. The van der Waals surface area contributed by atoms with Gasteiger partial charge < -0.3 is 55.4 Å². The van der Waals surface area contributed by atoms with Gasteiger partial charge in [-0.25, -0.2) is 4.79 Å². The van der Waals surface area contributed by atoms with Crippen molar-refractivity contribution >= 4 is 5.97 Å². The lowest BCUT2D eigenvalue weighted by Gasteiger charge is -2.50. The molecule has 0 aliphatic carbocycles. The zero-order valence-corrected chi connectivity index (χ0v) is 18.8. The Morgan fingerprint density at radius 2 is 1.62 bits per heavy atom. The van der Waals surface area contributed by atoms with Crippen LogP contribution in [0.3, 0.4) is 0 Å². The van der Waals surface area contributed by atoms with E-state index < -0.39 is 85.1 Å². The van der Waals surface area contributed by atoms with E-state index >= 15 is 0 Å². The molecule has 1 heterocycles. The van der Waals surface area contributed by atoms with E-state index in [1.54, 1.807) is 13.8 Å². The minimum Gasteiger partial charge on any atom is -0.479 e. The van der Waals surface area contributed by atoms with Gasteiger partial charge in [0, 0.05) is 11.8 Å². The summed E-state index contributed by atoms with van der Waals surface area (Å²) < 4.78 is 11.4. The van der Waals surface area contributed by atoms with Gasteiger partial charge in [0.05, 0.1) is 48.8 Å². The molecule has 0 aromatic carbocycles. The fourth-order valence-corrected chi connectivity index (χ4v) is 4.30. The number of carboxylic acids is 1. The molecule has 1 rings (SSSR count). The van der Waals surface area contributed by atoms with Crippen LogP contribution < -0.4 is 0 Å². The first kappa shape index (κ1) is 29.1. The van der Waals surface area contributed by atoms with Crippen LogP contribution in [0.15, 0.2) is 0 Å². The standard InChI is InChI=1S/C20H38O12/c1-5-19(3,30)12-10(8-22)31-18(16(27)14(12)25)32-20(4,6-2)11(9(23)7-21)13(24)15(26)17(28)29/h9-16,18,21-27,30H,5-8H2,1-4H3,(H,28,29)/t9?,10?,11-,12-,13?,14?,15+,16+,18+,19?,20?/m1/s1. The van der Waals surface area contributed by atoms with E-state index in [1.165, 1.54) is 13.8 Å². The second kappa shape index (κ2) is 11.5. The number of aliphatic hydroxyl groups excluding tert-OH is 7. The van der Waals surface area contributed by atoms with Gasteiger partial charge in [-0.15, -0.1) is 0 Å². The Morgan fingerprint density at radius 3 is 2.03 bits per heavy atom. The van der Waals surface area contributed by atoms with E-state index in [4.69, 9.17) is 14.6 Å². The molecule has 1 fully saturated rings. The molecule has 0 spiro atoms. The van der Waals surface area contributed by atoms with Crippen molar-refractivity contribution in [3.05, 3.63) is 0 Å². The molecule has 190 valence electrons. The molecule has 9 N–H and O–H groups in total. The number of hydrogen-bond acceptors (Lipinski definition) is 11. The Morgan fingerprint density at radius 1 is 1.06 bits per heavy atom. The molecule has 0 saturated carbocycles. The van der Waals surface area contributed by atoms with E-state index in [0.29, 0.717) is 0 Å². The van der Waals surface area contributed by atoms with Crippen molar-refractivity contribution in [3.63, 3.8) is 0 Å². The fraction of sp³-hybridized carbons (Fsp3) is 0.950. The van der Waals surface area contributed by atoms with E-state index in [2.05, 4.69) is 0 Å². The highest BCUT2D eigenvalue weighted by Crippen LogP contribution is 2.40. The molecule has 0 radical (unpaired) electrons. The zero-order valence-electron chi connectivity index (χ0n) is 18.8. The van der Waals surface area contributed by atoms with Gasteiger partial charge >= 0.3 is 5.97 Å². The Labute approximate surface area is 186 Å². The Hall–Kier alpha value is -0.930. The average molecular weight is 471 g/mol. The molecule has 0 aromatic heterocycles. The first-order valence-electron chi connectivity index (χ1n) is 10.6. The zero-order chi connectivity index (χ0) is 25.0. The number of rotatable bonds is 12. The summed E-state index contributed by atoms with van der Waals surface area (Å²) in [6.45, 7) is 4.45. The molecule has 12 heteroatoms. The predicted octanol–water partition coefficient (Wildman–Crippen LogP) is -2.84. The summed E-state index contributed by atoms with van der Waals surface area (Å²) in [6, 6.07) is 0. The molecule has 1 aliphatic heterocycles. The molecule has 6 unspecified atom stereocenters. The lowest BCUT2D eigenvalue weighted by Crippen LogP contribution is -2.65. The maximum Gasteiger partial charge on any atom is 0.335 e. The monoisotopic (exact) mass is 470 g/mol. The number of ether oxygens (including phenoxy) is 2. The van der Waals surface area contributed by atoms with Crippen molar-refractivity contribution in [2.24, 2.45) is 11.8 Å². The first-order valence-corrected chi connectivity index (χ1v) is 10.6. The van der Waals surface area contributed by atoms with E-state index in [9.17, 15) is 45.6 Å². The number of carboxylic acid groups (broad SMARTS) is 1. The van der Waals surface area contributed by atoms with Crippen molar-refractivity contribution in [1.29, 1.82) is 0 Å². The van der Waals surface area contributed by atoms with Crippen LogP contribution in [0.2, 0.25) is 0 Å². The molecular formula is C20H38O12. The average Bonchev–Trinajstić information content (AvgIpc) is 2.75. The quantitative estimate of drug-likeness (QED) is 0.141. The summed E-state index contributed by atoms with van der Waals surface area (Å²) >= 11 is 0. The third-order valence-electron chi connectivity index (χ3n) is 6.66. The highest BCUT2D eigenvalue weighted by atomic mass is 16.7. The van der Waals surface area contributed by atoms with Gasteiger partial charge in [-0.05, 0) is 26.7 Å². The summed E-state index contributed by atoms with van der Waals surface area (Å²) in [6.07, 6.45) is -12.0. The Bertz CT molecular complexity index is 599. The maximum atomic E-state index is 11.2. The van der Waals surface area contributed by atoms with Crippen molar-refractivity contribution in [1.82, 2.24) is 0 Å². The van der Waals surface area contributed by atoms with Crippen LogP contribution in [-0.2, 0) is 14.3 Å². The molecule has 1 saturated heterocycles. The third kappa shape index (κ3) is 5.95. The minimum absolute atomic E-state index is 0.0132. The van der Waals surface area contributed by atoms with Crippen LogP contribution in [0.4, 0.5) is 0 Å². The minimum atomic E-state index is -2.31. The normalized spacial score (nSPS) is 34.1. The lowest BCUT2D eigenvalue weighted by atomic mass is 9.75. The van der Waals surface area contributed by atoms with Crippen LogP contribution in [-0.4, -0.2) is 119 Å². The van der Waals surface area contributed by atoms with Gasteiger partial charge in [0.1, 0.15) is 6.10 Å². The second-order valence-electron chi connectivity index (χ2n) is 8.78. The van der Waals surface area contributed by atoms with Crippen molar-refractivity contribution in [3.8, 4) is 0 Å². The van der Waals surface area contributed by atoms with Crippen LogP contribution >= 0.6 is 0 Å². The lowest BCUT2D eigenvalue weighted by molar-refractivity contribution is -0.343.